The van der Waals surface area contributed by atoms with Crippen molar-refractivity contribution in [2.45, 2.75) is 33.1 Å². The standard InChI is InChI=1S/C17H22ClNO2/c1-3-17(2)8-10-19(11-9-17)15-12-14(18)6-4-13(15)5-7-16(20)21/h4-7,12H,3,8-11H2,1-2H3,(H,20,21)/b7-5+. The van der Waals surface area contributed by atoms with E-state index < -0.39 is 5.97 Å². The van der Waals surface area contributed by atoms with Gasteiger partial charge in [-0.2, -0.15) is 0 Å². The highest BCUT2D eigenvalue weighted by Crippen LogP contribution is 2.37. The van der Waals surface area contributed by atoms with Crippen molar-refractivity contribution in [2.75, 3.05) is 18.0 Å². The van der Waals surface area contributed by atoms with Gasteiger partial charge in [0.15, 0.2) is 0 Å². The van der Waals surface area contributed by atoms with Gasteiger partial charge in [0.05, 0.1) is 0 Å². The van der Waals surface area contributed by atoms with Crippen molar-refractivity contribution in [3.05, 3.63) is 34.9 Å². The molecule has 1 aliphatic heterocycles. The Labute approximate surface area is 131 Å². The average molecular weight is 308 g/mol. The molecule has 0 amide bonds. The molecule has 0 aliphatic carbocycles. The molecule has 1 N–H and O–H groups in total. The van der Waals surface area contributed by atoms with Crippen LogP contribution in [0, 0.1) is 5.41 Å². The zero-order valence-corrected chi connectivity index (χ0v) is 13.4. The van der Waals surface area contributed by atoms with Crippen LogP contribution in [0.1, 0.15) is 38.7 Å². The molecule has 1 aromatic carbocycles. The molecule has 3 nitrogen and oxygen atoms in total. The number of carboxylic acid groups (broad SMARTS) is 1. The smallest absolute Gasteiger partial charge is 0.328 e. The Morgan fingerprint density at radius 1 is 1.43 bits per heavy atom. The summed E-state index contributed by atoms with van der Waals surface area (Å²) in [6.07, 6.45) is 6.31. The number of aliphatic carboxylic acids is 1. The molecule has 4 heteroatoms. The first-order chi connectivity index (χ1) is 9.93. The minimum absolute atomic E-state index is 0.423. The SMILES string of the molecule is CCC1(C)CCN(c2cc(Cl)ccc2/C=C/C(=O)O)CC1. The fraction of sp³-hybridized carbons (Fsp3) is 0.471. The maximum absolute atomic E-state index is 10.7. The van der Waals surface area contributed by atoms with E-state index in [1.165, 1.54) is 12.5 Å². The van der Waals surface area contributed by atoms with E-state index in [1.54, 1.807) is 12.1 Å². The second-order valence-electron chi connectivity index (χ2n) is 6.03. The molecule has 0 spiro atoms. The van der Waals surface area contributed by atoms with Gasteiger partial charge < -0.3 is 10.0 Å². The lowest BCUT2D eigenvalue weighted by Gasteiger charge is -2.40. The van der Waals surface area contributed by atoms with Gasteiger partial charge in [0, 0.05) is 29.9 Å². The maximum Gasteiger partial charge on any atom is 0.328 e. The van der Waals surface area contributed by atoms with E-state index in [0.29, 0.717) is 10.4 Å². The summed E-state index contributed by atoms with van der Waals surface area (Å²) in [6, 6.07) is 5.61. The van der Waals surface area contributed by atoms with Crippen LogP contribution >= 0.6 is 11.6 Å². The van der Waals surface area contributed by atoms with E-state index >= 15 is 0 Å². The van der Waals surface area contributed by atoms with Crippen molar-refractivity contribution < 1.29 is 9.90 Å². The highest BCUT2D eigenvalue weighted by atomic mass is 35.5. The van der Waals surface area contributed by atoms with Crippen molar-refractivity contribution in [1.82, 2.24) is 0 Å². The van der Waals surface area contributed by atoms with Crippen LogP contribution in [-0.2, 0) is 4.79 Å². The fourth-order valence-corrected chi connectivity index (χ4v) is 2.90. The zero-order chi connectivity index (χ0) is 15.5. The van der Waals surface area contributed by atoms with Crippen LogP contribution < -0.4 is 4.90 Å². The van der Waals surface area contributed by atoms with Crippen LogP contribution in [0.15, 0.2) is 24.3 Å². The van der Waals surface area contributed by atoms with E-state index in [0.717, 1.165) is 37.2 Å². The van der Waals surface area contributed by atoms with Gasteiger partial charge in [-0.1, -0.05) is 37.9 Å². The molecule has 0 unspecified atom stereocenters. The Balaban J connectivity index is 2.23. The van der Waals surface area contributed by atoms with Gasteiger partial charge in [0.25, 0.3) is 0 Å². The minimum Gasteiger partial charge on any atom is -0.478 e. The largest absolute Gasteiger partial charge is 0.478 e. The summed E-state index contributed by atoms with van der Waals surface area (Å²) in [5.74, 6) is -0.937. The van der Waals surface area contributed by atoms with Crippen LogP contribution in [0.2, 0.25) is 5.02 Å². The highest BCUT2D eigenvalue weighted by Gasteiger charge is 2.28. The number of benzene rings is 1. The number of carboxylic acids is 1. The number of halogens is 1. The van der Waals surface area contributed by atoms with E-state index in [1.807, 2.05) is 12.1 Å². The Bertz CT molecular complexity index is 546. The quantitative estimate of drug-likeness (QED) is 0.835. The molecule has 0 aromatic heterocycles. The third-order valence-electron chi connectivity index (χ3n) is 4.56. The molecular weight excluding hydrogens is 286 g/mol. The van der Waals surface area contributed by atoms with E-state index in [-0.39, 0.29) is 0 Å². The summed E-state index contributed by atoms with van der Waals surface area (Å²) in [5.41, 5.74) is 2.35. The van der Waals surface area contributed by atoms with Crippen molar-refractivity contribution in [3.63, 3.8) is 0 Å². The van der Waals surface area contributed by atoms with Crippen LogP contribution in [0.4, 0.5) is 5.69 Å². The molecule has 0 bridgehead atoms. The molecule has 1 saturated heterocycles. The molecule has 0 radical (unpaired) electrons. The van der Waals surface area contributed by atoms with E-state index in [4.69, 9.17) is 16.7 Å². The number of nitrogens with zero attached hydrogens (tertiary/aromatic N) is 1. The Hall–Kier alpha value is -1.48. The normalized spacial score (nSPS) is 18.1. The fourth-order valence-electron chi connectivity index (χ4n) is 2.73. The number of piperidine rings is 1. The van der Waals surface area contributed by atoms with E-state index in [2.05, 4.69) is 18.7 Å². The molecule has 1 fully saturated rings. The lowest BCUT2D eigenvalue weighted by atomic mass is 9.78. The molecule has 1 heterocycles. The monoisotopic (exact) mass is 307 g/mol. The summed E-state index contributed by atoms with van der Waals surface area (Å²) >= 11 is 6.11. The highest BCUT2D eigenvalue weighted by molar-refractivity contribution is 6.31. The van der Waals surface area contributed by atoms with Gasteiger partial charge >= 0.3 is 5.97 Å². The van der Waals surface area contributed by atoms with Crippen LogP contribution in [0.25, 0.3) is 6.08 Å². The van der Waals surface area contributed by atoms with Gasteiger partial charge in [0.2, 0.25) is 0 Å². The molecule has 0 saturated carbocycles. The first-order valence-corrected chi connectivity index (χ1v) is 7.77. The lowest BCUT2D eigenvalue weighted by molar-refractivity contribution is -0.131. The Morgan fingerprint density at radius 2 is 2.10 bits per heavy atom. The van der Waals surface area contributed by atoms with Gasteiger partial charge in [-0.15, -0.1) is 0 Å². The maximum atomic E-state index is 10.7. The predicted molar refractivity (Wildman–Crippen MR) is 88.0 cm³/mol. The summed E-state index contributed by atoms with van der Waals surface area (Å²) < 4.78 is 0. The third kappa shape index (κ3) is 4.01. The number of anilines is 1. The van der Waals surface area contributed by atoms with Crippen molar-refractivity contribution in [1.29, 1.82) is 0 Å². The number of hydrogen-bond donors (Lipinski definition) is 1. The summed E-state index contributed by atoms with van der Waals surface area (Å²) in [5, 5.41) is 9.49. The predicted octanol–water partition coefficient (Wildman–Crippen LogP) is 4.45. The Kier molecular flexibility index (Phi) is 4.94. The summed E-state index contributed by atoms with van der Waals surface area (Å²) in [6.45, 7) is 6.56. The number of hydrogen-bond acceptors (Lipinski definition) is 2. The van der Waals surface area contributed by atoms with Crippen molar-refractivity contribution in [2.24, 2.45) is 5.41 Å². The van der Waals surface area contributed by atoms with Crippen LogP contribution in [0.5, 0.6) is 0 Å². The van der Waals surface area contributed by atoms with Gasteiger partial charge in [0.1, 0.15) is 0 Å². The van der Waals surface area contributed by atoms with Gasteiger partial charge in [-0.05, 0) is 42.0 Å². The second kappa shape index (κ2) is 6.52. The molecule has 114 valence electrons. The molecule has 0 atom stereocenters. The van der Waals surface area contributed by atoms with Crippen LogP contribution in [-0.4, -0.2) is 24.2 Å². The molecule has 1 aliphatic rings. The number of rotatable bonds is 4. The molecular formula is C17H22ClNO2. The molecule has 1 aromatic rings. The zero-order valence-electron chi connectivity index (χ0n) is 12.6. The molecule has 21 heavy (non-hydrogen) atoms. The third-order valence-corrected chi connectivity index (χ3v) is 4.80. The van der Waals surface area contributed by atoms with E-state index in [9.17, 15) is 4.79 Å². The number of carbonyl (C=O) groups is 1. The second-order valence-corrected chi connectivity index (χ2v) is 6.46. The summed E-state index contributed by atoms with van der Waals surface area (Å²) in [7, 11) is 0. The summed E-state index contributed by atoms with van der Waals surface area (Å²) in [4.78, 5) is 13.0. The average Bonchev–Trinajstić information content (AvgIpc) is 2.46. The first-order valence-electron chi connectivity index (χ1n) is 7.39. The lowest BCUT2D eigenvalue weighted by Crippen LogP contribution is -2.38. The van der Waals surface area contributed by atoms with Gasteiger partial charge in [-0.3, -0.25) is 0 Å². The van der Waals surface area contributed by atoms with Gasteiger partial charge in [-0.25, -0.2) is 4.79 Å². The molecule has 2 rings (SSSR count). The Morgan fingerprint density at radius 3 is 2.67 bits per heavy atom. The van der Waals surface area contributed by atoms with Crippen LogP contribution in [0.3, 0.4) is 0 Å². The van der Waals surface area contributed by atoms with Crippen molar-refractivity contribution in [3.8, 4) is 0 Å². The topological polar surface area (TPSA) is 40.5 Å². The minimum atomic E-state index is -0.937. The first kappa shape index (κ1) is 15.9. The van der Waals surface area contributed by atoms with Crippen molar-refractivity contribution >= 4 is 29.3 Å².